The molecule has 0 aliphatic carbocycles. The molecule has 0 amide bonds. The molecule has 0 saturated carbocycles. The molecule has 1 aromatic rings. The predicted octanol–water partition coefficient (Wildman–Crippen LogP) is 1.09. The molecule has 4 nitrogen and oxygen atoms in total. The first kappa shape index (κ1) is 9.19. The normalized spacial score (nSPS) is 12.5. The molecule has 0 radical (unpaired) electrons. The second-order valence-corrected chi connectivity index (χ2v) is 3.70. The van der Waals surface area contributed by atoms with Crippen LogP contribution in [0.2, 0.25) is 0 Å². The molecule has 4 heteroatoms. The van der Waals surface area contributed by atoms with Gasteiger partial charge in [0.25, 0.3) is 0 Å². The van der Waals surface area contributed by atoms with E-state index in [0.717, 1.165) is 0 Å². The third-order valence-electron chi connectivity index (χ3n) is 1.58. The van der Waals surface area contributed by atoms with Gasteiger partial charge < -0.3 is 5.11 Å². The van der Waals surface area contributed by atoms with E-state index in [0.29, 0.717) is 5.82 Å². The molecule has 0 aliphatic rings. The first-order valence-corrected chi connectivity index (χ1v) is 4.05. The molecule has 68 valence electrons. The summed E-state index contributed by atoms with van der Waals surface area (Å²) in [5.74, 6) is 0.469. The van der Waals surface area contributed by atoms with Crippen LogP contribution in [0.4, 0.5) is 0 Å². The molecule has 0 saturated heterocycles. The molecule has 1 N–H and O–H groups in total. The minimum Gasteiger partial charge on any atom is -0.382 e. The topological polar surface area (TPSA) is 50.9 Å². The molecular weight excluding hydrogens is 154 g/mol. The minimum absolute atomic E-state index is 0.286. The van der Waals surface area contributed by atoms with Crippen LogP contribution in [0.5, 0.6) is 0 Å². The number of hydrogen-bond donors (Lipinski definition) is 1. The maximum atomic E-state index is 9.55. The Bertz CT molecular complexity index is 260. The zero-order valence-electron chi connectivity index (χ0n) is 7.94. The number of hydrogen-bond acceptors (Lipinski definition) is 3. The molecule has 0 spiro atoms. The lowest BCUT2D eigenvalue weighted by molar-refractivity contribution is 0.0684. The van der Waals surface area contributed by atoms with E-state index in [1.165, 1.54) is 0 Å². The fourth-order valence-corrected chi connectivity index (χ4v) is 0.804. The quantitative estimate of drug-likeness (QED) is 0.721. The standard InChI is InChI=1S/C8H15N3O/c1-6(2)11-5-9-7(10-11)8(3,4)12/h5-6,12H,1-4H3. The predicted molar refractivity (Wildman–Crippen MR) is 45.7 cm³/mol. The van der Waals surface area contributed by atoms with E-state index in [4.69, 9.17) is 0 Å². The van der Waals surface area contributed by atoms with Crippen molar-refractivity contribution in [1.82, 2.24) is 14.8 Å². The molecule has 0 aliphatic heterocycles. The van der Waals surface area contributed by atoms with E-state index in [9.17, 15) is 5.11 Å². The summed E-state index contributed by atoms with van der Waals surface area (Å²) in [6.07, 6.45) is 1.64. The van der Waals surface area contributed by atoms with E-state index in [1.807, 2.05) is 13.8 Å². The highest BCUT2D eigenvalue weighted by molar-refractivity contribution is 4.94. The van der Waals surface area contributed by atoms with Gasteiger partial charge in [-0.2, -0.15) is 5.10 Å². The van der Waals surface area contributed by atoms with Crippen molar-refractivity contribution in [3.05, 3.63) is 12.2 Å². The zero-order valence-corrected chi connectivity index (χ0v) is 7.94. The Morgan fingerprint density at radius 3 is 2.33 bits per heavy atom. The monoisotopic (exact) mass is 169 g/mol. The Morgan fingerprint density at radius 1 is 1.50 bits per heavy atom. The van der Waals surface area contributed by atoms with Crippen LogP contribution in [-0.2, 0) is 5.60 Å². The Kier molecular flexibility index (Phi) is 2.19. The maximum Gasteiger partial charge on any atom is 0.181 e. The Balaban J connectivity index is 2.92. The number of aliphatic hydroxyl groups is 1. The van der Waals surface area contributed by atoms with Crippen LogP contribution in [0.25, 0.3) is 0 Å². The van der Waals surface area contributed by atoms with Crippen molar-refractivity contribution in [3.63, 3.8) is 0 Å². The van der Waals surface area contributed by atoms with E-state index in [2.05, 4.69) is 10.1 Å². The lowest BCUT2D eigenvalue weighted by atomic mass is 10.1. The summed E-state index contributed by atoms with van der Waals surface area (Å²) in [6, 6.07) is 0.286. The van der Waals surface area contributed by atoms with Gasteiger partial charge in [0.1, 0.15) is 11.9 Å². The second-order valence-electron chi connectivity index (χ2n) is 3.70. The summed E-state index contributed by atoms with van der Waals surface area (Å²) in [6.45, 7) is 7.38. The van der Waals surface area contributed by atoms with Gasteiger partial charge >= 0.3 is 0 Å². The molecule has 0 atom stereocenters. The SMILES string of the molecule is CC(C)n1cnc(C(C)(C)O)n1. The number of rotatable bonds is 2. The van der Waals surface area contributed by atoms with Gasteiger partial charge in [0, 0.05) is 6.04 Å². The second kappa shape index (κ2) is 2.86. The molecular formula is C8H15N3O. The van der Waals surface area contributed by atoms with Gasteiger partial charge in [0.05, 0.1) is 0 Å². The Morgan fingerprint density at radius 2 is 2.08 bits per heavy atom. The van der Waals surface area contributed by atoms with E-state index in [-0.39, 0.29) is 6.04 Å². The van der Waals surface area contributed by atoms with Gasteiger partial charge in [-0.15, -0.1) is 0 Å². The van der Waals surface area contributed by atoms with Crippen molar-refractivity contribution in [2.45, 2.75) is 39.3 Å². The summed E-state index contributed by atoms with van der Waals surface area (Å²) in [7, 11) is 0. The Hall–Kier alpha value is -0.900. The van der Waals surface area contributed by atoms with Gasteiger partial charge in [-0.25, -0.2) is 4.98 Å². The van der Waals surface area contributed by atoms with Crippen LogP contribution in [0.15, 0.2) is 6.33 Å². The first-order chi connectivity index (χ1) is 5.41. The lowest BCUT2D eigenvalue weighted by Crippen LogP contribution is -2.18. The molecule has 1 rings (SSSR count). The summed E-state index contributed by atoms with van der Waals surface area (Å²) < 4.78 is 1.73. The largest absolute Gasteiger partial charge is 0.382 e. The van der Waals surface area contributed by atoms with Gasteiger partial charge in [-0.05, 0) is 27.7 Å². The van der Waals surface area contributed by atoms with Crippen LogP contribution >= 0.6 is 0 Å². The van der Waals surface area contributed by atoms with Gasteiger partial charge in [0.2, 0.25) is 0 Å². The van der Waals surface area contributed by atoms with Crippen molar-refractivity contribution in [2.75, 3.05) is 0 Å². The van der Waals surface area contributed by atoms with E-state index < -0.39 is 5.60 Å². The number of aromatic nitrogens is 3. The molecule has 12 heavy (non-hydrogen) atoms. The van der Waals surface area contributed by atoms with Gasteiger partial charge in [-0.3, -0.25) is 4.68 Å². The van der Waals surface area contributed by atoms with Gasteiger partial charge in [0.15, 0.2) is 5.82 Å². The molecule has 0 aromatic carbocycles. The summed E-state index contributed by atoms with van der Waals surface area (Å²) >= 11 is 0. The third-order valence-corrected chi connectivity index (χ3v) is 1.58. The maximum absolute atomic E-state index is 9.55. The lowest BCUT2D eigenvalue weighted by Gasteiger charge is -2.11. The van der Waals surface area contributed by atoms with Crippen LogP contribution in [0, 0.1) is 0 Å². The van der Waals surface area contributed by atoms with E-state index >= 15 is 0 Å². The molecule has 1 aromatic heterocycles. The average molecular weight is 169 g/mol. The first-order valence-electron chi connectivity index (χ1n) is 4.05. The zero-order chi connectivity index (χ0) is 9.35. The van der Waals surface area contributed by atoms with Crippen LogP contribution in [0.3, 0.4) is 0 Å². The molecule has 0 fully saturated rings. The highest BCUT2D eigenvalue weighted by atomic mass is 16.3. The van der Waals surface area contributed by atoms with Crippen molar-refractivity contribution in [2.24, 2.45) is 0 Å². The van der Waals surface area contributed by atoms with Crippen LogP contribution in [0.1, 0.15) is 39.6 Å². The summed E-state index contributed by atoms with van der Waals surface area (Å²) in [5.41, 5.74) is -0.944. The van der Waals surface area contributed by atoms with Crippen LogP contribution in [-0.4, -0.2) is 19.9 Å². The highest BCUT2D eigenvalue weighted by Gasteiger charge is 2.21. The minimum atomic E-state index is -0.944. The average Bonchev–Trinajstić information content (AvgIpc) is 2.30. The number of nitrogens with zero attached hydrogens (tertiary/aromatic N) is 3. The summed E-state index contributed by atoms with van der Waals surface area (Å²) in [4.78, 5) is 4.01. The molecule has 0 bridgehead atoms. The fourth-order valence-electron chi connectivity index (χ4n) is 0.804. The molecule has 0 unspecified atom stereocenters. The van der Waals surface area contributed by atoms with Crippen molar-refractivity contribution >= 4 is 0 Å². The fraction of sp³-hybridized carbons (Fsp3) is 0.750. The van der Waals surface area contributed by atoms with Crippen LogP contribution < -0.4 is 0 Å². The van der Waals surface area contributed by atoms with Crippen molar-refractivity contribution in [1.29, 1.82) is 0 Å². The smallest absolute Gasteiger partial charge is 0.181 e. The van der Waals surface area contributed by atoms with Crippen molar-refractivity contribution in [3.8, 4) is 0 Å². The van der Waals surface area contributed by atoms with Gasteiger partial charge in [-0.1, -0.05) is 0 Å². The highest BCUT2D eigenvalue weighted by Crippen LogP contribution is 2.14. The third kappa shape index (κ3) is 1.82. The van der Waals surface area contributed by atoms with E-state index in [1.54, 1.807) is 24.9 Å². The van der Waals surface area contributed by atoms with Crippen molar-refractivity contribution < 1.29 is 5.11 Å². The molecule has 1 heterocycles. The summed E-state index contributed by atoms with van der Waals surface area (Å²) in [5, 5.41) is 13.7. The Labute approximate surface area is 72.2 Å².